The predicted octanol–water partition coefficient (Wildman–Crippen LogP) is 5.58. The first-order chi connectivity index (χ1) is 15.4. The number of aromatic nitrogens is 2. The van der Waals surface area contributed by atoms with Crippen LogP contribution in [0.1, 0.15) is 35.1 Å². The van der Waals surface area contributed by atoms with Gasteiger partial charge in [-0.3, -0.25) is 0 Å². The Hall–Kier alpha value is -3.27. The Bertz CT molecular complexity index is 1130. The molecule has 2 aromatic carbocycles. The van der Waals surface area contributed by atoms with Crippen molar-refractivity contribution < 1.29 is 17.9 Å². The van der Waals surface area contributed by atoms with E-state index in [2.05, 4.69) is 4.98 Å². The number of rotatable bonds is 8. The number of nitriles is 2. The summed E-state index contributed by atoms with van der Waals surface area (Å²) in [6.07, 6.45) is -4.43. The van der Waals surface area contributed by atoms with Crippen molar-refractivity contribution in [2.24, 2.45) is 0 Å². The standard InChI is InChI=1S/C23H19F3N4OS/c1-2-30-20(8-9-31-15-16-6-4-3-5-7-16)29-21(23(24,25)26)22(30)32-19-11-17(13-27)10-18(12-19)14-28/h3-7,10-12H,2,8-9,15H2,1H3. The summed E-state index contributed by atoms with van der Waals surface area (Å²) in [6, 6.07) is 17.7. The molecule has 5 nitrogen and oxygen atoms in total. The van der Waals surface area contributed by atoms with E-state index in [0.29, 0.717) is 11.5 Å². The Morgan fingerprint density at radius 2 is 1.72 bits per heavy atom. The van der Waals surface area contributed by atoms with Crippen LogP contribution in [0.5, 0.6) is 0 Å². The molecule has 1 aromatic heterocycles. The highest BCUT2D eigenvalue weighted by molar-refractivity contribution is 7.99. The van der Waals surface area contributed by atoms with Gasteiger partial charge in [-0.15, -0.1) is 0 Å². The highest BCUT2D eigenvalue weighted by Crippen LogP contribution is 2.40. The first kappa shape index (κ1) is 23.4. The summed E-state index contributed by atoms with van der Waals surface area (Å²) in [6.45, 7) is 2.60. The van der Waals surface area contributed by atoms with Crippen LogP contribution in [0.25, 0.3) is 0 Å². The van der Waals surface area contributed by atoms with E-state index in [4.69, 9.17) is 15.3 Å². The largest absolute Gasteiger partial charge is 0.436 e. The van der Waals surface area contributed by atoms with Gasteiger partial charge in [0.15, 0.2) is 5.69 Å². The van der Waals surface area contributed by atoms with E-state index in [1.165, 1.54) is 22.8 Å². The zero-order valence-electron chi connectivity index (χ0n) is 17.2. The lowest BCUT2D eigenvalue weighted by molar-refractivity contribution is -0.143. The maximum Gasteiger partial charge on any atom is 0.436 e. The Kier molecular flexibility index (Phi) is 7.57. The zero-order valence-corrected chi connectivity index (χ0v) is 18.0. The molecule has 0 fully saturated rings. The van der Waals surface area contributed by atoms with E-state index < -0.39 is 11.9 Å². The number of imidazole rings is 1. The third-order valence-corrected chi connectivity index (χ3v) is 5.62. The van der Waals surface area contributed by atoms with Gasteiger partial charge in [-0.2, -0.15) is 23.7 Å². The fourth-order valence-corrected chi connectivity index (χ4v) is 4.31. The van der Waals surface area contributed by atoms with Crippen LogP contribution in [0.4, 0.5) is 13.2 Å². The van der Waals surface area contributed by atoms with Crippen molar-refractivity contribution in [2.75, 3.05) is 6.61 Å². The number of benzene rings is 2. The van der Waals surface area contributed by atoms with Crippen molar-refractivity contribution in [1.82, 2.24) is 9.55 Å². The van der Waals surface area contributed by atoms with Gasteiger partial charge >= 0.3 is 6.18 Å². The minimum Gasteiger partial charge on any atom is -0.376 e. The van der Waals surface area contributed by atoms with Crippen LogP contribution in [0, 0.1) is 22.7 Å². The number of hydrogen-bond donors (Lipinski definition) is 0. The van der Waals surface area contributed by atoms with Gasteiger partial charge in [-0.1, -0.05) is 42.1 Å². The van der Waals surface area contributed by atoms with Gasteiger partial charge in [0.25, 0.3) is 0 Å². The summed E-state index contributed by atoms with van der Waals surface area (Å²) in [7, 11) is 0. The van der Waals surface area contributed by atoms with Crippen molar-refractivity contribution in [3.63, 3.8) is 0 Å². The van der Waals surface area contributed by atoms with Crippen molar-refractivity contribution >= 4 is 11.8 Å². The predicted molar refractivity (Wildman–Crippen MR) is 113 cm³/mol. The fraction of sp³-hybridized carbons (Fsp3) is 0.261. The van der Waals surface area contributed by atoms with Crippen molar-refractivity contribution in [2.45, 2.75) is 42.6 Å². The molecule has 3 aromatic rings. The Labute approximate surface area is 188 Å². The SMILES string of the molecule is CCn1c(CCOCc2ccccc2)nc(C(F)(F)F)c1Sc1cc(C#N)cc(C#N)c1. The third-order valence-electron chi connectivity index (χ3n) is 4.55. The van der Waals surface area contributed by atoms with Crippen molar-refractivity contribution in [1.29, 1.82) is 10.5 Å². The molecular formula is C23H19F3N4OS. The molecule has 0 radical (unpaired) electrons. The van der Waals surface area contributed by atoms with Crippen molar-refractivity contribution in [3.8, 4) is 12.1 Å². The van der Waals surface area contributed by atoms with Crippen LogP contribution >= 0.6 is 11.8 Å². The second-order valence-corrected chi connectivity index (χ2v) is 7.85. The molecule has 0 N–H and O–H groups in total. The van der Waals surface area contributed by atoms with Gasteiger partial charge in [-0.05, 0) is 30.7 Å². The zero-order chi connectivity index (χ0) is 23.1. The van der Waals surface area contributed by atoms with Gasteiger partial charge in [0.1, 0.15) is 10.9 Å². The van der Waals surface area contributed by atoms with Crippen LogP contribution < -0.4 is 0 Å². The molecule has 0 amide bonds. The van der Waals surface area contributed by atoms with E-state index in [-0.39, 0.29) is 41.5 Å². The Morgan fingerprint density at radius 3 is 2.28 bits per heavy atom. The summed E-state index contributed by atoms with van der Waals surface area (Å²) in [5, 5.41) is 18.2. The molecule has 0 saturated carbocycles. The molecule has 1 heterocycles. The Balaban J connectivity index is 1.86. The van der Waals surface area contributed by atoms with E-state index in [0.717, 1.165) is 17.3 Å². The highest BCUT2D eigenvalue weighted by atomic mass is 32.2. The lowest BCUT2D eigenvalue weighted by Gasteiger charge is -2.12. The highest BCUT2D eigenvalue weighted by Gasteiger charge is 2.39. The second kappa shape index (κ2) is 10.4. The lowest BCUT2D eigenvalue weighted by atomic mass is 10.1. The molecule has 0 saturated heterocycles. The summed E-state index contributed by atoms with van der Waals surface area (Å²) < 4.78 is 48.4. The molecule has 0 aliphatic heterocycles. The summed E-state index contributed by atoms with van der Waals surface area (Å²) in [5.74, 6) is 0.271. The monoisotopic (exact) mass is 456 g/mol. The van der Waals surface area contributed by atoms with Gasteiger partial charge in [-0.25, -0.2) is 4.98 Å². The summed E-state index contributed by atoms with van der Waals surface area (Å²) >= 11 is 0.846. The van der Waals surface area contributed by atoms with Gasteiger partial charge < -0.3 is 9.30 Å². The first-order valence-corrected chi connectivity index (χ1v) is 10.6. The summed E-state index contributed by atoms with van der Waals surface area (Å²) in [5.41, 5.74) is 0.405. The average molecular weight is 456 g/mol. The Morgan fingerprint density at radius 1 is 1.06 bits per heavy atom. The van der Waals surface area contributed by atoms with Gasteiger partial charge in [0.2, 0.25) is 0 Å². The molecule has 0 atom stereocenters. The average Bonchev–Trinajstić information content (AvgIpc) is 3.14. The first-order valence-electron chi connectivity index (χ1n) is 9.77. The molecule has 164 valence electrons. The summed E-state index contributed by atoms with van der Waals surface area (Å²) in [4.78, 5) is 4.25. The molecule has 9 heteroatoms. The molecule has 0 aliphatic rings. The van der Waals surface area contributed by atoms with Crippen LogP contribution in [-0.2, 0) is 30.5 Å². The van der Waals surface area contributed by atoms with Crippen molar-refractivity contribution in [3.05, 3.63) is 76.7 Å². The second-order valence-electron chi connectivity index (χ2n) is 6.78. The lowest BCUT2D eigenvalue weighted by Crippen LogP contribution is -2.08. The van der Waals surface area contributed by atoms with E-state index in [9.17, 15) is 13.2 Å². The number of halogens is 3. The number of nitrogens with zero attached hydrogens (tertiary/aromatic N) is 4. The topological polar surface area (TPSA) is 74.6 Å². The van der Waals surface area contributed by atoms with E-state index >= 15 is 0 Å². The van der Waals surface area contributed by atoms with Crippen LogP contribution in [0.2, 0.25) is 0 Å². The smallest absolute Gasteiger partial charge is 0.376 e. The van der Waals surface area contributed by atoms with E-state index in [1.54, 1.807) is 6.92 Å². The molecular weight excluding hydrogens is 437 g/mol. The molecule has 0 spiro atoms. The quantitative estimate of drug-likeness (QED) is 0.414. The molecule has 0 aliphatic carbocycles. The minimum atomic E-state index is -4.65. The normalized spacial score (nSPS) is 11.2. The molecule has 0 unspecified atom stereocenters. The van der Waals surface area contributed by atoms with Crippen LogP contribution in [0.3, 0.4) is 0 Å². The van der Waals surface area contributed by atoms with Crippen LogP contribution in [0.15, 0.2) is 58.5 Å². The van der Waals surface area contributed by atoms with Crippen LogP contribution in [-0.4, -0.2) is 16.2 Å². The maximum absolute atomic E-state index is 13.8. The molecule has 0 bridgehead atoms. The van der Waals surface area contributed by atoms with Gasteiger partial charge in [0, 0.05) is 17.9 Å². The van der Waals surface area contributed by atoms with Gasteiger partial charge in [0.05, 0.1) is 36.5 Å². The molecule has 3 rings (SSSR count). The maximum atomic E-state index is 13.8. The third kappa shape index (κ3) is 5.70. The number of ether oxygens (including phenoxy) is 1. The van der Waals surface area contributed by atoms with E-state index in [1.807, 2.05) is 42.5 Å². The minimum absolute atomic E-state index is 0.0722. The molecule has 32 heavy (non-hydrogen) atoms. The fourth-order valence-electron chi connectivity index (χ4n) is 3.11. The number of alkyl halides is 3. The number of hydrogen-bond acceptors (Lipinski definition) is 5.